The number of alkyl carbamates (subject to hydrolysis) is 1. The standard InChI is InChI=1S/C15H29N3O3/c1-5-18(13(19)10-16)12-9-7-6-8-11(12)17-14(20)21-15(2,3)4/h11-12H,5-10,16H2,1-4H3,(H,17,20). The molecule has 2 atom stereocenters. The zero-order valence-electron chi connectivity index (χ0n) is 13.6. The van der Waals surface area contributed by atoms with E-state index in [1.807, 2.05) is 27.7 Å². The monoisotopic (exact) mass is 299 g/mol. The quantitative estimate of drug-likeness (QED) is 0.826. The van der Waals surface area contributed by atoms with Crippen molar-refractivity contribution in [3.8, 4) is 0 Å². The summed E-state index contributed by atoms with van der Waals surface area (Å²) < 4.78 is 5.31. The minimum Gasteiger partial charge on any atom is -0.444 e. The molecule has 6 heteroatoms. The highest BCUT2D eigenvalue weighted by Gasteiger charge is 2.33. The Morgan fingerprint density at radius 1 is 1.29 bits per heavy atom. The molecule has 3 N–H and O–H groups in total. The molecule has 21 heavy (non-hydrogen) atoms. The van der Waals surface area contributed by atoms with E-state index in [4.69, 9.17) is 10.5 Å². The van der Waals surface area contributed by atoms with Gasteiger partial charge in [0.15, 0.2) is 0 Å². The average molecular weight is 299 g/mol. The van der Waals surface area contributed by atoms with Crippen molar-refractivity contribution in [1.82, 2.24) is 10.2 Å². The normalized spacial score (nSPS) is 22.5. The molecule has 0 aromatic carbocycles. The molecular formula is C15H29N3O3. The number of ether oxygens (including phenoxy) is 1. The predicted molar refractivity (Wildman–Crippen MR) is 81.9 cm³/mol. The average Bonchev–Trinajstić information content (AvgIpc) is 2.39. The number of nitrogens with one attached hydrogen (secondary N) is 1. The van der Waals surface area contributed by atoms with Crippen LogP contribution in [0.15, 0.2) is 0 Å². The summed E-state index contributed by atoms with van der Waals surface area (Å²) in [6, 6.07) is -0.0589. The Morgan fingerprint density at radius 2 is 1.90 bits per heavy atom. The number of likely N-dealkylation sites (N-methyl/N-ethyl adjacent to an activating group) is 1. The summed E-state index contributed by atoms with van der Waals surface area (Å²) in [6.45, 7) is 8.05. The van der Waals surface area contributed by atoms with Gasteiger partial charge >= 0.3 is 6.09 Å². The Hall–Kier alpha value is -1.30. The first-order valence-electron chi connectivity index (χ1n) is 7.77. The predicted octanol–water partition coefficient (Wildman–Crippen LogP) is 1.63. The molecule has 1 aliphatic carbocycles. The largest absolute Gasteiger partial charge is 0.444 e. The second kappa shape index (κ2) is 7.64. The molecule has 0 aliphatic heterocycles. The molecule has 6 nitrogen and oxygen atoms in total. The van der Waals surface area contributed by atoms with Crippen LogP contribution in [-0.2, 0) is 9.53 Å². The second-order valence-corrected chi connectivity index (χ2v) is 6.49. The highest BCUT2D eigenvalue weighted by molar-refractivity contribution is 5.78. The fraction of sp³-hybridized carbons (Fsp3) is 0.867. The van der Waals surface area contributed by atoms with Gasteiger partial charge in [-0.25, -0.2) is 4.79 Å². The molecule has 0 bridgehead atoms. The lowest BCUT2D eigenvalue weighted by Gasteiger charge is -2.39. The van der Waals surface area contributed by atoms with E-state index in [1.165, 1.54) is 0 Å². The Kier molecular flexibility index (Phi) is 6.45. The summed E-state index contributed by atoms with van der Waals surface area (Å²) >= 11 is 0. The van der Waals surface area contributed by atoms with E-state index < -0.39 is 11.7 Å². The van der Waals surface area contributed by atoms with Gasteiger partial charge in [-0.05, 0) is 40.5 Å². The van der Waals surface area contributed by atoms with E-state index in [0.29, 0.717) is 6.54 Å². The maximum absolute atomic E-state index is 12.0. The summed E-state index contributed by atoms with van der Waals surface area (Å²) in [5.41, 5.74) is 4.96. The van der Waals surface area contributed by atoms with Crippen LogP contribution in [0.3, 0.4) is 0 Å². The smallest absolute Gasteiger partial charge is 0.407 e. The highest BCUT2D eigenvalue weighted by atomic mass is 16.6. The molecule has 0 aromatic heterocycles. The zero-order valence-corrected chi connectivity index (χ0v) is 13.6. The molecule has 0 saturated heterocycles. The summed E-state index contributed by atoms with van der Waals surface area (Å²) in [5, 5.41) is 2.92. The number of carbonyl (C=O) groups excluding carboxylic acids is 2. The van der Waals surface area contributed by atoms with Crippen LogP contribution in [0.2, 0.25) is 0 Å². The Balaban J connectivity index is 2.72. The van der Waals surface area contributed by atoms with E-state index in [2.05, 4.69) is 5.32 Å². The third-order valence-electron chi connectivity index (χ3n) is 3.67. The van der Waals surface area contributed by atoms with Crippen molar-refractivity contribution in [3.05, 3.63) is 0 Å². The van der Waals surface area contributed by atoms with Crippen molar-refractivity contribution in [2.45, 2.75) is 71.1 Å². The summed E-state index contributed by atoms with van der Waals surface area (Å²) in [5.74, 6) is -0.0691. The number of amides is 2. The molecule has 2 amide bonds. The van der Waals surface area contributed by atoms with Gasteiger partial charge in [-0.15, -0.1) is 0 Å². The van der Waals surface area contributed by atoms with Gasteiger partial charge in [-0.1, -0.05) is 12.8 Å². The van der Waals surface area contributed by atoms with E-state index in [0.717, 1.165) is 25.7 Å². The van der Waals surface area contributed by atoms with Crippen LogP contribution < -0.4 is 11.1 Å². The van der Waals surface area contributed by atoms with Gasteiger partial charge in [0.1, 0.15) is 5.60 Å². The number of rotatable bonds is 4. The molecule has 2 unspecified atom stereocenters. The molecule has 0 aromatic rings. The number of nitrogens with two attached hydrogens (primary N) is 1. The third-order valence-corrected chi connectivity index (χ3v) is 3.67. The molecule has 122 valence electrons. The lowest BCUT2D eigenvalue weighted by molar-refractivity contribution is -0.133. The van der Waals surface area contributed by atoms with Crippen molar-refractivity contribution in [2.24, 2.45) is 5.73 Å². The first-order chi connectivity index (χ1) is 9.78. The zero-order chi connectivity index (χ0) is 16.0. The molecule has 1 saturated carbocycles. The van der Waals surface area contributed by atoms with Crippen LogP contribution in [0.5, 0.6) is 0 Å². The first-order valence-corrected chi connectivity index (χ1v) is 7.77. The fourth-order valence-electron chi connectivity index (χ4n) is 2.82. The molecular weight excluding hydrogens is 270 g/mol. The lowest BCUT2D eigenvalue weighted by Crippen LogP contribution is -2.56. The molecule has 0 heterocycles. The fourth-order valence-corrected chi connectivity index (χ4v) is 2.82. The van der Waals surface area contributed by atoms with E-state index >= 15 is 0 Å². The molecule has 0 spiro atoms. The summed E-state index contributed by atoms with van der Waals surface area (Å²) in [7, 11) is 0. The SMILES string of the molecule is CCN(C(=O)CN)C1CCCCC1NC(=O)OC(C)(C)C. The van der Waals surface area contributed by atoms with Gasteiger partial charge in [0.25, 0.3) is 0 Å². The van der Waals surface area contributed by atoms with Gasteiger partial charge < -0.3 is 20.7 Å². The van der Waals surface area contributed by atoms with Crippen LogP contribution in [0.1, 0.15) is 53.4 Å². The topological polar surface area (TPSA) is 84.7 Å². The molecule has 1 aliphatic rings. The van der Waals surface area contributed by atoms with Crippen molar-refractivity contribution in [3.63, 3.8) is 0 Å². The number of hydrogen-bond acceptors (Lipinski definition) is 4. The van der Waals surface area contributed by atoms with Crippen molar-refractivity contribution >= 4 is 12.0 Å². The molecule has 0 radical (unpaired) electrons. The second-order valence-electron chi connectivity index (χ2n) is 6.49. The van der Waals surface area contributed by atoms with Crippen molar-refractivity contribution in [2.75, 3.05) is 13.1 Å². The number of carbonyl (C=O) groups is 2. The van der Waals surface area contributed by atoms with E-state index in [9.17, 15) is 9.59 Å². The Labute approximate surface area is 127 Å². The van der Waals surface area contributed by atoms with Crippen LogP contribution in [0.25, 0.3) is 0 Å². The van der Waals surface area contributed by atoms with Crippen molar-refractivity contribution in [1.29, 1.82) is 0 Å². The number of hydrogen-bond donors (Lipinski definition) is 2. The Bertz CT molecular complexity index is 366. The van der Waals surface area contributed by atoms with Crippen LogP contribution in [-0.4, -0.2) is 47.7 Å². The number of nitrogens with zero attached hydrogens (tertiary/aromatic N) is 1. The maximum Gasteiger partial charge on any atom is 0.407 e. The first kappa shape index (κ1) is 17.8. The highest BCUT2D eigenvalue weighted by Crippen LogP contribution is 2.24. The minimum absolute atomic E-state index is 0.00347. The van der Waals surface area contributed by atoms with Gasteiger partial charge in [0.05, 0.1) is 18.6 Å². The van der Waals surface area contributed by atoms with Gasteiger partial charge in [-0.2, -0.15) is 0 Å². The maximum atomic E-state index is 12.0. The van der Waals surface area contributed by atoms with E-state index in [-0.39, 0.29) is 24.5 Å². The van der Waals surface area contributed by atoms with Crippen LogP contribution in [0.4, 0.5) is 4.79 Å². The minimum atomic E-state index is -0.522. The van der Waals surface area contributed by atoms with Gasteiger partial charge in [-0.3, -0.25) is 4.79 Å². The van der Waals surface area contributed by atoms with Gasteiger partial charge in [0, 0.05) is 6.54 Å². The summed E-state index contributed by atoms with van der Waals surface area (Å²) in [6.07, 6.45) is 3.44. The van der Waals surface area contributed by atoms with Crippen molar-refractivity contribution < 1.29 is 14.3 Å². The lowest BCUT2D eigenvalue weighted by atomic mass is 9.89. The third kappa shape index (κ3) is 5.53. The molecule has 1 rings (SSSR count). The van der Waals surface area contributed by atoms with Crippen LogP contribution >= 0.6 is 0 Å². The van der Waals surface area contributed by atoms with E-state index in [1.54, 1.807) is 4.90 Å². The Morgan fingerprint density at radius 3 is 2.43 bits per heavy atom. The van der Waals surface area contributed by atoms with Gasteiger partial charge in [0.2, 0.25) is 5.91 Å². The van der Waals surface area contributed by atoms with Crippen LogP contribution in [0, 0.1) is 0 Å². The summed E-state index contributed by atoms with van der Waals surface area (Å²) in [4.78, 5) is 25.7. The molecule has 1 fully saturated rings.